The first kappa shape index (κ1) is 16.4. The van der Waals surface area contributed by atoms with Crippen LogP contribution in [0.4, 0.5) is 11.4 Å². The summed E-state index contributed by atoms with van der Waals surface area (Å²) in [6.45, 7) is 0. The van der Waals surface area contributed by atoms with E-state index in [2.05, 4.69) is 10.1 Å². The molecule has 0 fully saturated rings. The van der Waals surface area contributed by atoms with Crippen molar-refractivity contribution in [1.29, 1.82) is 0 Å². The van der Waals surface area contributed by atoms with Gasteiger partial charge in [-0.2, -0.15) is 10.3 Å². The number of benzene rings is 2. The average molecular weight is 343 g/mol. The maximum absolute atomic E-state index is 11.4. The molecule has 24 heavy (non-hydrogen) atoms. The van der Waals surface area contributed by atoms with Gasteiger partial charge in [-0.3, -0.25) is 9.99 Å². The van der Waals surface area contributed by atoms with Crippen LogP contribution < -0.4 is 10.2 Å². The maximum Gasteiger partial charge on any atom is 0.190 e. The largest absolute Gasteiger partial charge is 0.595 e. The van der Waals surface area contributed by atoms with Crippen molar-refractivity contribution in [1.82, 2.24) is 4.98 Å². The van der Waals surface area contributed by atoms with E-state index in [1.165, 1.54) is 11.1 Å². The number of nitrogens with zero attached hydrogens (tertiary/aromatic N) is 3. The van der Waals surface area contributed by atoms with Crippen molar-refractivity contribution in [3.8, 4) is 0 Å². The van der Waals surface area contributed by atoms with Crippen molar-refractivity contribution >= 4 is 40.1 Å². The predicted octanol–water partition coefficient (Wildman–Crippen LogP) is 2.76. The highest BCUT2D eigenvalue weighted by atomic mass is 35.5. The van der Waals surface area contributed by atoms with E-state index in [1.807, 2.05) is 30.3 Å². The highest BCUT2D eigenvalue weighted by molar-refractivity contribution is 6.30. The average Bonchev–Trinajstić information content (AvgIpc) is 2.59. The Labute approximate surface area is 143 Å². The lowest BCUT2D eigenvalue weighted by Gasteiger charge is -2.20. The Morgan fingerprint density at radius 1 is 1.25 bits per heavy atom. The molecule has 0 saturated heterocycles. The number of fused-ring (bicyclic) bond motifs is 1. The molecule has 7 heteroatoms. The van der Waals surface area contributed by atoms with Crippen molar-refractivity contribution in [3.63, 3.8) is 0 Å². The van der Waals surface area contributed by atoms with E-state index in [-0.39, 0.29) is 5.69 Å². The number of halogens is 1. The van der Waals surface area contributed by atoms with E-state index < -0.39 is 5.23 Å². The van der Waals surface area contributed by atoms with Crippen LogP contribution in [0, 0.1) is 5.21 Å². The molecule has 3 aromatic rings. The molecule has 0 aliphatic carbocycles. The van der Waals surface area contributed by atoms with Crippen LogP contribution in [-0.4, -0.2) is 23.5 Å². The third-order valence-electron chi connectivity index (χ3n) is 3.57. The summed E-state index contributed by atoms with van der Waals surface area (Å²) in [5.74, 6) is 0. The molecule has 0 aliphatic rings. The molecule has 2 aromatic carbocycles. The predicted molar refractivity (Wildman–Crippen MR) is 95.0 cm³/mol. The zero-order chi connectivity index (χ0) is 17.1. The number of quaternary nitrogens is 1. The Balaban J connectivity index is 1.94. The number of rotatable bonds is 4. The number of para-hydroxylation sites is 1. The van der Waals surface area contributed by atoms with Gasteiger partial charge in [-0.15, -0.1) is 0 Å². The summed E-state index contributed by atoms with van der Waals surface area (Å²) in [5, 5.41) is 26.9. The maximum atomic E-state index is 11.4. The van der Waals surface area contributed by atoms with Crippen molar-refractivity contribution in [2.24, 2.45) is 5.10 Å². The van der Waals surface area contributed by atoms with E-state index in [0.29, 0.717) is 10.7 Å². The standard InChI is InChI=1S/C17H15ClN4O2/c1-21(15-8-7-14(18)10-16(15)22(23)24)20-11-13-5-2-4-12-6-3-9-19-17(12)13/h2-11,22-23H,1H3/b20-11+. The first-order chi connectivity index (χ1) is 11.6. The van der Waals surface area contributed by atoms with Gasteiger partial charge in [-0.05, 0) is 18.2 Å². The van der Waals surface area contributed by atoms with E-state index in [1.54, 1.807) is 31.6 Å². The molecule has 3 rings (SSSR count). The molecule has 0 radical (unpaired) electrons. The van der Waals surface area contributed by atoms with Crippen LogP contribution >= 0.6 is 11.6 Å². The van der Waals surface area contributed by atoms with E-state index in [0.717, 1.165) is 16.5 Å². The topological polar surface area (TPSA) is 76.2 Å². The van der Waals surface area contributed by atoms with E-state index in [9.17, 15) is 10.4 Å². The van der Waals surface area contributed by atoms with Crippen LogP contribution in [0.3, 0.4) is 0 Å². The van der Waals surface area contributed by atoms with Crippen LogP contribution in [0.2, 0.25) is 5.02 Å². The zero-order valence-corrected chi connectivity index (χ0v) is 13.6. The Morgan fingerprint density at radius 3 is 2.83 bits per heavy atom. The minimum Gasteiger partial charge on any atom is -0.595 e. The smallest absolute Gasteiger partial charge is 0.190 e. The fourth-order valence-electron chi connectivity index (χ4n) is 2.40. The zero-order valence-electron chi connectivity index (χ0n) is 12.8. The van der Waals surface area contributed by atoms with Gasteiger partial charge < -0.3 is 5.21 Å². The number of anilines is 1. The molecule has 6 nitrogen and oxygen atoms in total. The van der Waals surface area contributed by atoms with Crippen LogP contribution in [0.25, 0.3) is 10.9 Å². The van der Waals surface area contributed by atoms with Gasteiger partial charge in [0.05, 0.1) is 11.7 Å². The molecule has 0 spiro atoms. The molecular weight excluding hydrogens is 328 g/mol. The number of hydrogen-bond donors (Lipinski definition) is 2. The van der Waals surface area contributed by atoms with Crippen LogP contribution in [-0.2, 0) is 0 Å². The lowest BCUT2D eigenvalue weighted by atomic mass is 10.1. The van der Waals surface area contributed by atoms with Gasteiger partial charge in [0, 0.05) is 35.3 Å². The molecular formula is C17H15ClN4O2. The summed E-state index contributed by atoms with van der Waals surface area (Å²) in [6.07, 6.45) is 3.39. The summed E-state index contributed by atoms with van der Waals surface area (Å²) >= 11 is 5.88. The van der Waals surface area contributed by atoms with Gasteiger partial charge in [0.25, 0.3) is 0 Å². The fourth-order valence-corrected chi connectivity index (χ4v) is 2.58. The molecule has 1 aromatic heterocycles. The summed E-state index contributed by atoms with van der Waals surface area (Å²) in [7, 11) is 1.69. The van der Waals surface area contributed by atoms with E-state index in [4.69, 9.17) is 11.6 Å². The minimum atomic E-state index is -1.05. The Bertz CT molecular complexity index is 893. The summed E-state index contributed by atoms with van der Waals surface area (Å²) < 4.78 is 0. The number of hydrogen-bond acceptors (Lipinski definition) is 5. The van der Waals surface area contributed by atoms with Gasteiger partial charge in [0.15, 0.2) is 5.69 Å². The number of hydrazone groups is 1. The Morgan fingerprint density at radius 2 is 2.04 bits per heavy atom. The van der Waals surface area contributed by atoms with Crippen molar-refractivity contribution in [2.45, 2.75) is 0 Å². The van der Waals surface area contributed by atoms with Gasteiger partial charge >= 0.3 is 0 Å². The lowest BCUT2D eigenvalue weighted by molar-refractivity contribution is -0.990. The summed E-state index contributed by atoms with van der Waals surface area (Å²) in [6, 6.07) is 14.3. The molecule has 0 saturated carbocycles. The molecule has 2 N–H and O–H groups in total. The van der Waals surface area contributed by atoms with Crippen molar-refractivity contribution in [2.75, 3.05) is 12.1 Å². The third-order valence-corrected chi connectivity index (χ3v) is 3.81. The van der Waals surface area contributed by atoms with E-state index >= 15 is 0 Å². The molecule has 1 atom stereocenters. The Kier molecular flexibility index (Phi) is 4.73. The second kappa shape index (κ2) is 6.94. The molecule has 0 amide bonds. The lowest BCUT2D eigenvalue weighted by Crippen LogP contribution is -2.99. The van der Waals surface area contributed by atoms with Crippen LogP contribution in [0.1, 0.15) is 5.56 Å². The first-order valence-corrected chi connectivity index (χ1v) is 7.58. The summed E-state index contributed by atoms with van der Waals surface area (Å²) in [5.41, 5.74) is 2.24. The monoisotopic (exact) mass is 342 g/mol. The number of pyridine rings is 1. The van der Waals surface area contributed by atoms with Crippen molar-refractivity contribution in [3.05, 3.63) is 70.5 Å². The van der Waals surface area contributed by atoms with Gasteiger partial charge in [0.2, 0.25) is 0 Å². The van der Waals surface area contributed by atoms with Gasteiger partial charge in [-0.25, -0.2) is 5.21 Å². The molecule has 0 aliphatic heterocycles. The first-order valence-electron chi connectivity index (χ1n) is 7.20. The molecule has 1 heterocycles. The van der Waals surface area contributed by atoms with Crippen molar-refractivity contribution < 1.29 is 10.4 Å². The number of aromatic nitrogens is 1. The molecule has 122 valence electrons. The van der Waals surface area contributed by atoms with Crippen LogP contribution in [0.15, 0.2) is 59.8 Å². The SMILES string of the molecule is CN(/N=C/c1cccc2cccnc12)c1ccc(Cl)cc1[NH+]([O-])O. The van der Waals surface area contributed by atoms with Gasteiger partial charge in [-0.1, -0.05) is 35.9 Å². The Hall–Kier alpha value is -2.51. The summed E-state index contributed by atoms with van der Waals surface area (Å²) in [4.78, 5) is 4.37. The molecule has 1 unspecified atom stereocenters. The number of nitrogens with one attached hydrogen (secondary N) is 1. The van der Waals surface area contributed by atoms with Gasteiger partial charge in [0.1, 0.15) is 5.69 Å². The minimum absolute atomic E-state index is 0.0956. The second-order valence-electron chi connectivity index (χ2n) is 5.16. The normalized spacial score (nSPS) is 12.7. The molecule has 0 bridgehead atoms. The second-order valence-corrected chi connectivity index (χ2v) is 5.59. The fraction of sp³-hybridized carbons (Fsp3) is 0.0588. The van der Waals surface area contributed by atoms with Crippen LogP contribution in [0.5, 0.6) is 0 Å². The highest BCUT2D eigenvalue weighted by Gasteiger charge is 2.13. The third kappa shape index (κ3) is 3.37. The quantitative estimate of drug-likeness (QED) is 0.564. The highest BCUT2D eigenvalue weighted by Crippen LogP contribution is 2.25.